The van der Waals surface area contributed by atoms with Crippen molar-refractivity contribution in [1.29, 1.82) is 5.26 Å². The molecule has 1 heterocycles. The number of aryl methyl sites for hydroxylation is 2. The monoisotopic (exact) mass is 345 g/mol. The van der Waals surface area contributed by atoms with Gasteiger partial charge in [0.05, 0.1) is 0 Å². The quantitative estimate of drug-likeness (QED) is 0.658. The molecule has 2 aromatic rings. The van der Waals surface area contributed by atoms with E-state index < -0.39 is 0 Å². The van der Waals surface area contributed by atoms with Crippen LogP contribution in [-0.4, -0.2) is 19.0 Å². The lowest BCUT2D eigenvalue weighted by Crippen LogP contribution is -2.17. The predicted octanol–water partition coefficient (Wildman–Crippen LogP) is 4.45. The maximum Gasteiger partial charge on any atom is 0.266 e. The van der Waals surface area contributed by atoms with Crippen molar-refractivity contribution in [1.82, 2.24) is 0 Å². The minimum absolute atomic E-state index is 0.0996. The van der Waals surface area contributed by atoms with Crippen molar-refractivity contribution < 1.29 is 4.79 Å². The van der Waals surface area contributed by atoms with E-state index in [1.54, 1.807) is 6.08 Å². The van der Waals surface area contributed by atoms with Crippen LogP contribution in [0, 0.1) is 25.2 Å². The second-order valence-electron chi connectivity index (χ2n) is 6.73. The first-order valence-corrected chi connectivity index (χ1v) is 8.92. The number of hydrogen-bond acceptors (Lipinski definition) is 3. The molecule has 1 amide bonds. The Morgan fingerprint density at radius 2 is 1.81 bits per heavy atom. The number of hydrogen-bond donors (Lipinski definition) is 1. The van der Waals surface area contributed by atoms with Gasteiger partial charge in [0.25, 0.3) is 5.91 Å². The second kappa shape index (κ2) is 7.88. The third-order valence-corrected chi connectivity index (χ3v) is 4.70. The van der Waals surface area contributed by atoms with Crippen LogP contribution in [-0.2, 0) is 4.79 Å². The fourth-order valence-corrected chi connectivity index (χ4v) is 3.13. The molecule has 0 aliphatic carbocycles. The van der Waals surface area contributed by atoms with E-state index in [0.717, 1.165) is 29.8 Å². The summed E-state index contributed by atoms with van der Waals surface area (Å²) in [6.07, 6.45) is 4.13. The third kappa shape index (κ3) is 4.12. The summed E-state index contributed by atoms with van der Waals surface area (Å²) < 4.78 is 0. The summed E-state index contributed by atoms with van der Waals surface area (Å²) in [5.41, 5.74) is 5.06. The summed E-state index contributed by atoms with van der Waals surface area (Å²) >= 11 is 0. The number of carbonyl (C=O) groups is 1. The zero-order valence-electron chi connectivity index (χ0n) is 15.2. The Balaban J connectivity index is 1.78. The zero-order valence-corrected chi connectivity index (χ0v) is 15.2. The van der Waals surface area contributed by atoms with Gasteiger partial charge in [0.1, 0.15) is 11.6 Å². The van der Waals surface area contributed by atoms with Gasteiger partial charge in [-0.1, -0.05) is 23.8 Å². The number of benzene rings is 2. The first kappa shape index (κ1) is 17.8. The third-order valence-electron chi connectivity index (χ3n) is 4.70. The smallest absolute Gasteiger partial charge is 0.266 e. The standard InChI is InChI=1S/C22H23N3O/c1-16-5-8-20(9-6-16)24-22(26)19(15-23)14-18-7-10-21(13-17(18)2)25-11-3-4-12-25/h5-10,13-14H,3-4,11-12H2,1-2H3,(H,24,26)/b19-14-. The van der Waals surface area contributed by atoms with E-state index in [1.165, 1.54) is 18.5 Å². The zero-order chi connectivity index (χ0) is 18.5. The van der Waals surface area contributed by atoms with Crippen LogP contribution in [0.25, 0.3) is 6.08 Å². The molecule has 26 heavy (non-hydrogen) atoms. The number of anilines is 2. The van der Waals surface area contributed by atoms with Gasteiger partial charge < -0.3 is 10.2 Å². The number of nitriles is 1. The number of nitrogens with one attached hydrogen (secondary N) is 1. The molecular formula is C22H23N3O. The van der Waals surface area contributed by atoms with Crippen LogP contribution in [0.2, 0.25) is 0 Å². The molecule has 0 spiro atoms. The Bertz CT molecular complexity index is 869. The lowest BCUT2D eigenvalue weighted by Gasteiger charge is -2.18. The second-order valence-corrected chi connectivity index (χ2v) is 6.73. The van der Waals surface area contributed by atoms with Crippen molar-refractivity contribution >= 4 is 23.4 Å². The summed E-state index contributed by atoms with van der Waals surface area (Å²) in [6, 6.07) is 15.7. The van der Waals surface area contributed by atoms with Crippen molar-refractivity contribution in [2.45, 2.75) is 26.7 Å². The molecular weight excluding hydrogens is 322 g/mol. The highest BCUT2D eigenvalue weighted by molar-refractivity contribution is 6.09. The Morgan fingerprint density at radius 1 is 1.12 bits per heavy atom. The molecule has 0 unspecified atom stereocenters. The molecule has 3 rings (SSSR count). The Kier molecular flexibility index (Phi) is 5.38. The largest absolute Gasteiger partial charge is 0.372 e. The average Bonchev–Trinajstić information content (AvgIpc) is 3.17. The van der Waals surface area contributed by atoms with E-state index in [0.29, 0.717) is 5.69 Å². The highest BCUT2D eigenvalue weighted by Gasteiger charge is 2.14. The lowest BCUT2D eigenvalue weighted by atomic mass is 10.0. The Labute approximate surface area is 154 Å². The van der Waals surface area contributed by atoms with Gasteiger partial charge in [-0.25, -0.2) is 0 Å². The fourth-order valence-electron chi connectivity index (χ4n) is 3.13. The van der Waals surface area contributed by atoms with Gasteiger partial charge in [0.15, 0.2) is 0 Å². The van der Waals surface area contributed by atoms with Gasteiger partial charge in [0.2, 0.25) is 0 Å². The van der Waals surface area contributed by atoms with Gasteiger partial charge in [-0.15, -0.1) is 0 Å². The molecule has 4 nitrogen and oxygen atoms in total. The molecule has 2 aromatic carbocycles. The first-order chi connectivity index (χ1) is 12.6. The molecule has 1 saturated heterocycles. The summed E-state index contributed by atoms with van der Waals surface area (Å²) in [5.74, 6) is -0.389. The maximum atomic E-state index is 12.4. The van der Waals surface area contributed by atoms with Gasteiger partial charge in [-0.2, -0.15) is 5.26 Å². The molecule has 132 valence electrons. The summed E-state index contributed by atoms with van der Waals surface area (Å²) in [7, 11) is 0. The van der Waals surface area contributed by atoms with E-state index >= 15 is 0 Å². The van der Waals surface area contributed by atoms with Gasteiger partial charge in [-0.3, -0.25) is 4.79 Å². The lowest BCUT2D eigenvalue weighted by molar-refractivity contribution is -0.112. The van der Waals surface area contributed by atoms with Gasteiger partial charge in [0, 0.05) is 24.5 Å². The van der Waals surface area contributed by atoms with Crippen molar-refractivity contribution in [2.24, 2.45) is 0 Å². The molecule has 4 heteroatoms. The fraction of sp³-hybridized carbons (Fsp3) is 0.273. The van der Waals surface area contributed by atoms with Crippen LogP contribution in [0.1, 0.15) is 29.5 Å². The summed E-state index contributed by atoms with van der Waals surface area (Å²) in [6.45, 7) is 6.19. The molecule has 1 N–H and O–H groups in total. The minimum atomic E-state index is -0.389. The summed E-state index contributed by atoms with van der Waals surface area (Å²) in [5, 5.41) is 12.2. The molecule has 0 aromatic heterocycles. The van der Waals surface area contributed by atoms with E-state index in [9.17, 15) is 10.1 Å². The van der Waals surface area contributed by atoms with Crippen molar-refractivity contribution in [3.05, 3.63) is 64.7 Å². The van der Waals surface area contributed by atoms with Crippen LogP contribution in [0.15, 0.2) is 48.0 Å². The number of carbonyl (C=O) groups excluding carboxylic acids is 1. The maximum absolute atomic E-state index is 12.4. The minimum Gasteiger partial charge on any atom is -0.372 e. The topological polar surface area (TPSA) is 56.1 Å². The van der Waals surface area contributed by atoms with Crippen molar-refractivity contribution in [2.75, 3.05) is 23.3 Å². The van der Waals surface area contributed by atoms with E-state index in [-0.39, 0.29) is 11.5 Å². The molecule has 0 saturated carbocycles. The highest BCUT2D eigenvalue weighted by Crippen LogP contribution is 2.24. The molecule has 0 radical (unpaired) electrons. The highest BCUT2D eigenvalue weighted by atomic mass is 16.1. The van der Waals surface area contributed by atoms with E-state index in [2.05, 4.69) is 22.3 Å². The van der Waals surface area contributed by atoms with Gasteiger partial charge >= 0.3 is 0 Å². The van der Waals surface area contributed by atoms with Gasteiger partial charge in [-0.05, 0) is 68.2 Å². The normalized spacial score (nSPS) is 14.2. The number of amides is 1. The van der Waals surface area contributed by atoms with Crippen LogP contribution < -0.4 is 10.2 Å². The van der Waals surface area contributed by atoms with Crippen molar-refractivity contribution in [3.8, 4) is 6.07 Å². The van der Waals surface area contributed by atoms with E-state index in [4.69, 9.17) is 0 Å². The van der Waals surface area contributed by atoms with Crippen LogP contribution >= 0.6 is 0 Å². The molecule has 0 atom stereocenters. The van der Waals surface area contributed by atoms with Crippen LogP contribution in [0.5, 0.6) is 0 Å². The van der Waals surface area contributed by atoms with Crippen LogP contribution in [0.3, 0.4) is 0 Å². The molecule has 1 aliphatic heterocycles. The number of nitrogens with zero attached hydrogens (tertiary/aromatic N) is 2. The SMILES string of the molecule is Cc1ccc(NC(=O)/C(C#N)=C\c2ccc(N3CCCC3)cc2C)cc1. The molecule has 1 fully saturated rings. The Morgan fingerprint density at radius 3 is 2.42 bits per heavy atom. The first-order valence-electron chi connectivity index (χ1n) is 8.92. The summed E-state index contributed by atoms with van der Waals surface area (Å²) in [4.78, 5) is 14.8. The number of rotatable bonds is 4. The molecule has 0 bridgehead atoms. The van der Waals surface area contributed by atoms with Crippen molar-refractivity contribution in [3.63, 3.8) is 0 Å². The molecule has 1 aliphatic rings. The van der Waals surface area contributed by atoms with E-state index in [1.807, 2.05) is 50.2 Å². The average molecular weight is 345 g/mol. The Hall–Kier alpha value is -3.06. The predicted molar refractivity (Wildman–Crippen MR) is 106 cm³/mol. The van der Waals surface area contributed by atoms with Crippen LogP contribution in [0.4, 0.5) is 11.4 Å².